The second-order valence-corrected chi connectivity index (χ2v) is 2.88. The van der Waals surface area contributed by atoms with Crippen molar-refractivity contribution in [2.45, 2.75) is 12.3 Å². The molecule has 0 aliphatic heterocycles. The van der Waals surface area contributed by atoms with Crippen LogP contribution in [0.2, 0.25) is 0 Å². The largest absolute Gasteiger partial charge is 0.481 e. The molecule has 0 aliphatic rings. The summed E-state index contributed by atoms with van der Waals surface area (Å²) in [6.07, 6.45) is 1.87. The molecule has 1 aromatic heterocycles. The number of carbonyl (C=O) groups is 1. The fraction of sp³-hybridized carbons (Fsp3) is 0.444. The molecular formula is C9H13NO3. The summed E-state index contributed by atoms with van der Waals surface area (Å²) in [5.41, 5.74) is 0.907. The van der Waals surface area contributed by atoms with Crippen LogP contribution in [0.25, 0.3) is 0 Å². The summed E-state index contributed by atoms with van der Waals surface area (Å²) in [5, 5.41) is 8.64. The van der Waals surface area contributed by atoms with Gasteiger partial charge in [-0.2, -0.15) is 0 Å². The van der Waals surface area contributed by atoms with Crippen LogP contribution in [0.1, 0.15) is 18.0 Å². The van der Waals surface area contributed by atoms with Crippen LogP contribution >= 0.6 is 0 Å². The van der Waals surface area contributed by atoms with Gasteiger partial charge >= 0.3 is 5.97 Å². The van der Waals surface area contributed by atoms with E-state index in [1.54, 1.807) is 13.3 Å². The zero-order chi connectivity index (χ0) is 9.68. The highest BCUT2D eigenvalue weighted by molar-refractivity contribution is 5.67. The molecule has 72 valence electrons. The third-order valence-corrected chi connectivity index (χ3v) is 1.85. The lowest BCUT2D eigenvalue weighted by Crippen LogP contribution is -2.11. The molecule has 0 radical (unpaired) electrons. The van der Waals surface area contributed by atoms with Crippen LogP contribution in [0.3, 0.4) is 0 Å². The Morgan fingerprint density at radius 2 is 2.54 bits per heavy atom. The van der Waals surface area contributed by atoms with Gasteiger partial charge in [0.15, 0.2) is 0 Å². The molecule has 4 heteroatoms. The number of aliphatic carboxylic acids is 1. The maximum atomic E-state index is 10.5. The van der Waals surface area contributed by atoms with Crippen molar-refractivity contribution in [2.24, 2.45) is 0 Å². The minimum Gasteiger partial charge on any atom is -0.481 e. The van der Waals surface area contributed by atoms with Crippen molar-refractivity contribution in [1.29, 1.82) is 0 Å². The summed E-state index contributed by atoms with van der Waals surface area (Å²) in [7, 11) is 1.57. The highest BCUT2D eigenvalue weighted by Crippen LogP contribution is 2.17. The molecular weight excluding hydrogens is 170 g/mol. The van der Waals surface area contributed by atoms with Gasteiger partial charge in [-0.05, 0) is 12.1 Å². The number of ether oxygens (including phenoxy) is 1. The third-order valence-electron chi connectivity index (χ3n) is 1.85. The Bertz CT molecular complexity index is 256. The minimum atomic E-state index is -0.809. The molecule has 13 heavy (non-hydrogen) atoms. The van der Waals surface area contributed by atoms with E-state index < -0.39 is 5.97 Å². The van der Waals surface area contributed by atoms with Crippen LogP contribution in [0.5, 0.6) is 0 Å². The molecule has 1 heterocycles. The summed E-state index contributed by atoms with van der Waals surface area (Å²) >= 11 is 0. The first-order valence-corrected chi connectivity index (χ1v) is 4.08. The average Bonchev–Trinajstić information content (AvgIpc) is 2.54. The van der Waals surface area contributed by atoms with E-state index in [-0.39, 0.29) is 12.3 Å². The fourth-order valence-electron chi connectivity index (χ4n) is 1.27. The lowest BCUT2D eigenvalue weighted by Gasteiger charge is -2.11. The van der Waals surface area contributed by atoms with E-state index in [2.05, 4.69) is 4.98 Å². The van der Waals surface area contributed by atoms with E-state index in [1.807, 2.05) is 12.1 Å². The van der Waals surface area contributed by atoms with Crippen LogP contribution in [0.15, 0.2) is 18.3 Å². The molecule has 1 atom stereocenters. The smallest absolute Gasteiger partial charge is 0.304 e. The van der Waals surface area contributed by atoms with Crippen molar-refractivity contribution < 1.29 is 14.6 Å². The van der Waals surface area contributed by atoms with Crippen molar-refractivity contribution in [1.82, 2.24) is 4.98 Å². The minimum absolute atomic E-state index is 0.0856. The summed E-state index contributed by atoms with van der Waals surface area (Å²) in [4.78, 5) is 13.5. The van der Waals surface area contributed by atoms with Gasteiger partial charge in [-0.15, -0.1) is 0 Å². The molecule has 0 bridgehead atoms. The van der Waals surface area contributed by atoms with Gasteiger partial charge < -0.3 is 14.8 Å². The van der Waals surface area contributed by atoms with Crippen LogP contribution in [-0.4, -0.2) is 29.8 Å². The van der Waals surface area contributed by atoms with Crippen molar-refractivity contribution in [3.05, 3.63) is 24.0 Å². The second kappa shape index (κ2) is 4.67. The van der Waals surface area contributed by atoms with Gasteiger partial charge in [0.05, 0.1) is 13.0 Å². The number of carboxylic acids is 1. The number of methoxy groups -OCH3 is 1. The number of hydrogen-bond acceptors (Lipinski definition) is 2. The number of rotatable bonds is 5. The SMILES string of the molecule is COCC(CC(=O)O)c1ccc[nH]1. The van der Waals surface area contributed by atoms with Gasteiger partial charge in [0.1, 0.15) is 0 Å². The highest BCUT2D eigenvalue weighted by atomic mass is 16.5. The summed E-state index contributed by atoms with van der Waals surface area (Å²) < 4.78 is 4.95. The first-order chi connectivity index (χ1) is 6.24. The zero-order valence-corrected chi connectivity index (χ0v) is 7.49. The Hall–Kier alpha value is -1.29. The molecule has 0 saturated heterocycles. The predicted octanol–water partition coefficient (Wildman–Crippen LogP) is 1.22. The molecule has 0 aromatic carbocycles. The number of aromatic nitrogens is 1. The van der Waals surface area contributed by atoms with E-state index in [0.717, 1.165) is 5.69 Å². The van der Waals surface area contributed by atoms with Crippen LogP contribution in [0, 0.1) is 0 Å². The average molecular weight is 183 g/mol. The first kappa shape index (κ1) is 9.80. The molecule has 4 nitrogen and oxygen atoms in total. The number of aromatic amines is 1. The van der Waals surface area contributed by atoms with Crippen LogP contribution in [-0.2, 0) is 9.53 Å². The topological polar surface area (TPSA) is 62.3 Å². The second-order valence-electron chi connectivity index (χ2n) is 2.88. The number of carboxylic acid groups (broad SMARTS) is 1. The van der Waals surface area contributed by atoms with Gasteiger partial charge in [0.2, 0.25) is 0 Å². The van der Waals surface area contributed by atoms with E-state index in [4.69, 9.17) is 9.84 Å². The lowest BCUT2D eigenvalue weighted by molar-refractivity contribution is -0.137. The van der Waals surface area contributed by atoms with Crippen LogP contribution < -0.4 is 0 Å². The monoisotopic (exact) mass is 183 g/mol. The molecule has 1 aromatic rings. The van der Waals surface area contributed by atoms with E-state index in [0.29, 0.717) is 6.61 Å². The standard InChI is InChI=1S/C9H13NO3/c1-13-6-7(5-9(11)12)8-3-2-4-10-8/h2-4,7,10H,5-6H2,1H3,(H,11,12). The van der Waals surface area contributed by atoms with Crippen molar-refractivity contribution in [3.8, 4) is 0 Å². The van der Waals surface area contributed by atoms with E-state index in [9.17, 15) is 4.79 Å². The molecule has 1 unspecified atom stereocenters. The van der Waals surface area contributed by atoms with Gasteiger partial charge in [-0.25, -0.2) is 0 Å². The van der Waals surface area contributed by atoms with E-state index in [1.165, 1.54) is 0 Å². The maximum absolute atomic E-state index is 10.5. The van der Waals surface area contributed by atoms with Crippen LogP contribution in [0.4, 0.5) is 0 Å². The summed E-state index contributed by atoms with van der Waals surface area (Å²) in [5.74, 6) is -0.894. The summed E-state index contributed by atoms with van der Waals surface area (Å²) in [6.45, 7) is 0.423. The normalized spacial score (nSPS) is 12.7. The fourth-order valence-corrected chi connectivity index (χ4v) is 1.27. The van der Waals surface area contributed by atoms with Gasteiger partial charge in [-0.1, -0.05) is 0 Å². The first-order valence-electron chi connectivity index (χ1n) is 4.08. The Labute approximate surface area is 76.5 Å². The van der Waals surface area contributed by atoms with E-state index >= 15 is 0 Å². The lowest BCUT2D eigenvalue weighted by atomic mass is 10.0. The quantitative estimate of drug-likeness (QED) is 0.721. The highest BCUT2D eigenvalue weighted by Gasteiger charge is 2.15. The molecule has 0 amide bonds. The Kier molecular flexibility index (Phi) is 3.52. The summed E-state index contributed by atoms with van der Waals surface area (Å²) in [6, 6.07) is 3.71. The zero-order valence-electron chi connectivity index (χ0n) is 7.49. The Balaban J connectivity index is 2.62. The van der Waals surface area contributed by atoms with Gasteiger partial charge in [0, 0.05) is 24.9 Å². The van der Waals surface area contributed by atoms with Gasteiger partial charge in [0.25, 0.3) is 0 Å². The molecule has 0 aliphatic carbocycles. The van der Waals surface area contributed by atoms with Gasteiger partial charge in [-0.3, -0.25) is 4.79 Å². The Morgan fingerprint density at radius 1 is 1.77 bits per heavy atom. The molecule has 1 rings (SSSR count). The van der Waals surface area contributed by atoms with Crippen molar-refractivity contribution in [3.63, 3.8) is 0 Å². The van der Waals surface area contributed by atoms with Crippen molar-refractivity contribution >= 4 is 5.97 Å². The number of hydrogen-bond donors (Lipinski definition) is 2. The molecule has 0 spiro atoms. The third kappa shape index (κ3) is 2.91. The molecule has 0 saturated carbocycles. The Morgan fingerprint density at radius 3 is 3.00 bits per heavy atom. The number of nitrogens with one attached hydrogen (secondary N) is 1. The van der Waals surface area contributed by atoms with Crippen molar-refractivity contribution in [2.75, 3.05) is 13.7 Å². The maximum Gasteiger partial charge on any atom is 0.304 e. The predicted molar refractivity (Wildman–Crippen MR) is 47.7 cm³/mol. The molecule has 0 fully saturated rings. The number of H-pyrrole nitrogens is 1. The molecule has 2 N–H and O–H groups in total.